The number of fused-ring (bicyclic) bond motifs is 1. The van der Waals surface area contributed by atoms with E-state index in [2.05, 4.69) is 10.0 Å². The van der Waals surface area contributed by atoms with Crippen LogP contribution in [0.25, 0.3) is 11.0 Å². The fourth-order valence-electron chi connectivity index (χ4n) is 2.76. The van der Waals surface area contributed by atoms with E-state index in [1.165, 1.54) is 19.2 Å². The van der Waals surface area contributed by atoms with Gasteiger partial charge in [0.1, 0.15) is 11.3 Å². The van der Waals surface area contributed by atoms with E-state index in [0.29, 0.717) is 16.9 Å². The molecule has 28 heavy (non-hydrogen) atoms. The Morgan fingerprint density at radius 3 is 2.68 bits per heavy atom. The lowest BCUT2D eigenvalue weighted by Gasteiger charge is -2.10. The molecule has 0 atom stereocenters. The van der Waals surface area contributed by atoms with E-state index in [1.54, 1.807) is 13.0 Å². The van der Waals surface area contributed by atoms with E-state index in [4.69, 9.17) is 9.15 Å². The number of nitrogens with one attached hydrogen (secondary N) is 2. The van der Waals surface area contributed by atoms with Crippen LogP contribution in [0, 0.1) is 6.92 Å². The number of carbonyl (C=O) groups excluding carboxylic acids is 1. The van der Waals surface area contributed by atoms with Crippen molar-refractivity contribution in [1.29, 1.82) is 0 Å². The molecule has 1 aromatic heterocycles. The molecule has 0 aliphatic carbocycles. The summed E-state index contributed by atoms with van der Waals surface area (Å²) in [5.41, 5.74) is 1.72. The number of furan rings is 1. The average molecular weight is 402 g/mol. The number of rotatable bonds is 8. The molecule has 148 valence electrons. The molecule has 0 fully saturated rings. The van der Waals surface area contributed by atoms with Gasteiger partial charge in [0, 0.05) is 24.6 Å². The summed E-state index contributed by atoms with van der Waals surface area (Å²) in [4.78, 5) is 12.6. The van der Waals surface area contributed by atoms with Crippen molar-refractivity contribution in [2.24, 2.45) is 0 Å². The zero-order valence-electron chi connectivity index (χ0n) is 15.7. The van der Waals surface area contributed by atoms with Crippen molar-refractivity contribution < 1.29 is 22.4 Å². The van der Waals surface area contributed by atoms with Crippen LogP contribution in [-0.4, -0.2) is 34.6 Å². The minimum Gasteiger partial charge on any atom is -0.459 e. The minimum absolute atomic E-state index is 0.0306. The third-order valence-electron chi connectivity index (χ3n) is 4.26. The lowest BCUT2D eigenvalue weighted by atomic mass is 10.1. The van der Waals surface area contributed by atoms with Gasteiger partial charge in [-0.15, -0.1) is 0 Å². The molecule has 2 aromatic carbocycles. The highest BCUT2D eigenvalue weighted by molar-refractivity contribution is 7.89. The highest BCUT2D eigenvalue weighted by Gasteiger charge is 2.18. The largest absolute Gasteiger partial charge is 0.459 e. The second-order valence-electron chi connectivity index (χ2n) is 6.30. The monoisotopic (exact) mass is 402 g/mol. The first kappa shape index (κ1) is 20.1. The molecule has 3 rings (SSSR count). The maximum atomic E-state index is 12.6. The lowest BCUT2D eigenvalue weighted by Crippen LogP contribution is -2.28. The maximum absolute atomic E-state index is 12.6. The van der Waals surface area contributed by atoms with E-state index in [0.717, 1.165) is 11.0 Å². The number of benzene rings is 2. The predicted molar refractivity (Wildman–Crippen MR) is 106 cm³/mol. The molecule has 0 bridgehead atoms. The van der Waals surface area contributed by atoms with Crippen molar-refractivity contribution in [3.63, 3.8) is 0 Å². The number of ether oxygens (including phenoxy) is 1. The molecule has 8 heteroatoms. The van der Waals surface area contributed by atoms with Gasteiger partial charge in [0.15, 0.2) is 0 Å². The van der Waals surface area contributed by atoms with Crippen LogP contribution in [0.15, 0.2) is 57.8 Å². The number of hydrogen-bond donors (Lipinski definition) is 2. The fourth-order valence-corrected chi connectivity index (χ4v) is 3.80. The average Bonchev–Trinajstić information content (AvgIpc) is 3.09. The summed E-state index contributed by atoms with van der Waals surface area (Å²) < 4.78 is 37.7. The summed E-state index contributed by atoms with van der Waals surface area (Å²) >= 11 is 0. The van der Waals surface area contributed by atoms with Gasteiger partial charge in [0.05, 0.1) is 18.0 Å². The first-order valence-corrected chi connectivity index (χ1v) is 10.2. The van der Waals surface area contributed by atoms with Crippen LogP contribution in [0.1, 0.15) is 21.7 Å². The summed E-state index contributed by atoms with van der Waals surface area (Å²) in [7, 11) is -2.23. The van der Waals surface area contributed by atoms with Gasteiger partial charge in [-0.2, -0.15) is 0 Å². The van der Waals surface area contributed by atoms with Crippen molar-refractivity contribution >= 4 is 26.9 Å². The second-order valence-corrected chi connectivity index (χ2v) is 8.07. The molecule has 7 nitrogen and oxygen atoms in total. The third kappa shape index (κ3) is 4.59. The molecule has 0 spiro atoms. The molecule has 0 saturated carbocycles. The summed E-state index contributed by atoms with van der Waals surface area (Å²) in [6.45, 7) is 2.37. The van der Waals surface area contributed by atoms with Gasteiger partial charge in [-0.3, -0.25) is 4.79 Å². The number of methoxy groups -OCH3 is 1. The number of para-hydroxylation sites is 1. The zero-order valence-corrected chi connectivity index (χ0v) is 16.5. The van der Waals surface area contributed by atoms with Gasteiger partial charge >= 0.3 is 0 Å². The predicted octanol–water partition coefficient (Wildman–Crippen LogP) is 2.60. The first-order valence-electron chi connectivity index (χ1n) is 8.75. The Bertz CT molecular complexity index is 1060. The molecular formula is C20H22N2O5S. The molecule has 0 aliphatic heterocycles. The van der Waals surface area contributed by atoms with Gasteiger partial charge in [0.2, 0.25) is 10.0 Å². The Kier molecular flexibility index (Phi) is 6.13. The Hall–Kier alpha value is -2.68. The Labute approximate surface area is 163 Å². The number of amides is 1. The third-order valence-corrected chi connectivity index (χ3v) is 5.72. The highest BCUT2D eigenvalue weighted by atomic mass is 32.2. The van der Waals surface area contributed by atoms with Crippen LogP contribution in [0.2, 0.25) is 0 Å². The van der Waals surface area contributed by atoms with Gasteiger partial charge in [-0.1, -0.05) is 24.3 Å². The molecular weight excluding hydrogens is 380 g/mol. The first-order chi connectivity index (χ1) is 13.4. The molecule has 0 saturated heterocycles. The second kappa shape index (κ2) is 8.55. The normalized spacial score (nSPS) is 11.6. The quantitative estimate of drug-likeness (QED) is 0.565. The molecule has 0 radical (unpaired) electrons. The SMILES string of the molecule is COCCNS(=O)(=O)c1ccc(C)c(C(=O)NCc2cc3ccccc3o2)c1. The van der Waals surface area contributed by atoms with Crippen molar-refractivity contribution in [3.05, 3.63) is 65.4 Å². The van der Waals surface area contributed by atoms with Crippen molar-refractivity contribution in [3.8, 4) is 0 Å². The van der Waals surface area contributed by atoms with Crippen LogP contribution in [0.4, 0.5) is 0 Å². The lowest BCUT2D eigenvalue weighted by molar-refractivity contribution is 0.0947. The van der Waals surface area contributed by atoms with Gasteiger partial charge in [0.25, 0.3) is 5.91 Å². The summed E-state index contributed by atoms with van der Waals surface area (Å²) in [6, 6.07) is 13.9. The van der Waals surface area contributed by atoms with E-state index in [1.807, 2.05) is 30.3 Å². The number of sulfonamides is 1. The van der Waals surface area contributed by atoms with Crippen molar-refractivity contribution in [2.45, 2.75) is 18.4 Å². The summed E-state index contributed by atoms with van der Waals surface area (Å²) in [5.74, 6) is 0.254. The Morgan fingerprint density at radius 2 is 1.93 bits per heavy atom. The molecule has 0 aliphatic rings. The number of aryl methyl sites for hydroxylation is 1. The summed E-state index contributed by atoms with van der Waals surface area (Å²) in [5, 5.41) is 3.74. The van der Waals surface area contributed by atoms with Crippen LogP contribution < -0.4 is 10.0 Å². The van der Waals surface area contributed by atoms with Gasteiger partial charge < -0.3 is 14.5 Å². The molecule has 3 aromatic rings. The molecule has 1 heterocycles. The number of carbonyl (C=O) groups is 1. The topological polar surface area (TPSA) is 97.6 Å². The fraction of sp³-hybridized carbons (Fsp3) is 0.250. The van der Waals surface area contributed by atoms with Crippen molar-refractivity contribution in [2.75, 3.05) is 20.3 Å². The smallest absolute Gasteiger partial charge is 0.251 e. The highest BCUT2D eigenvalue weighted by Crippen LogP contribution is 2.19. The van der Waals surface area contributed by atoms with Crippen LogP contribution in [0.3, 0.4) is 0 Å². The Morgan fingerprint density at radius 1 is 1.14 bits per heavy atom. The van der Waals surface area contributed by atoms with Gasteiger partial charge in [-0.25, -0.2) is 13.1 Å². The van der Waals surface area contributed by atoms with Crippen LogP contribution in [0.5, 0.6) is 0 Å². The van der Waals surface area contributed by atoms with E-state index >= 15 is 0 Å². The maximum Gasteiger partial charge on any atom is 0.251 e. The van der Waals surface area contributed by atoms with Crippen LogP contribution in [-0.2, 0) is 21.3 Å². The van der Waals surface area contributed by atoms with Gasteiger partial charge in [-0.05, 0) is 36.8 Å². The standard InChI is InChI=1S/C20H22N2O5S/c1-14-7-8-17(28(24,25)22-9-10-26-2)12-18(14)20(23)21-13-16-11-15-5-3-4-6-19(15)27-16/h3-8,11-12,22H,9-10,13H2,1-2H3,(H,21,23). The van der Waals surface area contributed by atoms with Crippen molar-refractivity contribution in [1.82, 2.24) is 10.0 Å². The number of hydrogen-bond acceptors (Lipinski definition) is 5. The molecule has 1 amide bonds. The van der Waals surface area contributed by atoms with E-state index in [9.17, 15) is 13.2 Å². The summed E-state index contributed by atoms with van der Waals surface area (Å²) in [6.07, 6.45) is 0. The molecule has 0 unspecified atom stereocenters. The minimum atomic E-state index is -3.72. The van der Waals surface area contributed by atoms with E-state index in [-0.39, 0.29) is 30.5 Å². The zero-order chi connectivity index (χ0) is 20.1. The Balaban J connectivity index is 1.73. The van der Waals surface area contributed by atoms with E-state index < -0.39 is 10.0 Å². The van der Waals surface area contributed by atoms with Crippen LogP contribution >= 0.6 is 0 Å². The molecule has 2 N–H and O–H groups in total.